The van der Waals surface area contributed by atoms with Crippen molar-refractivity contribution in [3.63, 3.8) is 0 Å². The van der Waals surface area contributed by atoms with Crippen LogP contribution in [0.2, 0.25) is 0 Å². The summed E-state index contributed by atoms with van der Waals surface area (Å²) in [6.45, 7) is 6.57. The predicted octanol–water partition coefficient (Wildman–Crippen LogP) is 6.78. The Morgan fingerprint density at radius 1 is 0.935 bits per heavy atom. The lowest BCUT2D eigenvalue weighted by Crippen LogP contribution is -2.54. The molecule has 1 atom stereocenters. The topological polar surface area (TPSA) is 194 Å². The van der Waals surface area contributed by atoms with Gasteiger partial charge in [-0.15, -0.1) is 11.3 Å². The van der Waals surface area contributed by atoms with E-state index in [9.17, 15) is 47.4 Å². The van der Waals surface area contributed by atoms with Crippen LogP contribution in [0.5, 0.6) is 5.75 Å². The van der Waals surface area contributed by atoms with Gasteiger partial charge in [0.05, 0.1) is 37.6 Å². The van der Waals surface area contributed by atoms with Crippen LogP contribution in [-0.4, -0.2) is 91.7 Å². The minimum Gasteiger partial charge on any atom is -0.504 e. The van der Waals surface area contributed by atoms with Crippen LogP contribution in [0, 0.1) is 11.8 Å². The first-order chi connectivity index (χ1) is 29.5. The third kappa shape index (κ3) is 8.77. The largest absolute Gasteiger partial charge is 0.504 e. The molecule has 2 saturated heterocycles. The first-order valence-electron chi connectivity index (χ1n) is 21.0. The molecule has 1 saturated carbocycles. The van der Waals surface area contributed by atoms with Crippen molar-refractivity contribution in [3.8, 4) is 5.75 Å². The van der Waals surface area contributed by atoms with Gasteiger partial charge >= 0.3 is 6.18 Å². The van der Waals surface area contributed by atoms with E-state index < -0.39 is 58.7 Å². The number of aliphatic hydroxyl groups is 1. The fraction of sp³-hybridized carbons (Fsp3) is 0.477. The summed E-state index contributed by atoms with van der Waals surface area (Å²) < 4.78 is 40.3. The minimum absolute atomic E-state index is 0.0637. The second kappa shape index (κ2) is 17.0. The molecule has 3 fully saturated rings. The number of nitrogens with zero attached hydrogens (tertiary/aromatic N) is 4. The second-order valence-corrected chi connectivity index (χ2v) is 18.4. The number of phenols is 1. The van der Waals surface area contributed by atoms with E-state index in [0.717, 1.165) is 92.7 Å². The smallest absolute Gasteiger partial charge is 0.433 e. The molecule has 3 aliphatic heterocycles. The third-order valence-electron chi connectivity index (χ3n) is 12.6. The zero-order valence-electron chi connectivity index (χ0n) is 34.3. The van der Waals surface area contributed by atoms with Gasteiger partial charge in [0.25, 0.3) is 17.7 Å². The number of halogens is 3. The number of piperidine rings is 2. The molecule has 4 aliphatic rings. The van der Waals surface area contributed by atoms with Crippen molar-refractivity contribution < 1.29 is 47.4 Å². The van der Waals surface area contributed by atoms with Crippen molar-refractivity contribution in [2.45, 2.75) is 95.4 Å². The molecule has 2 aromatic heterocycles. The summed E-state index contributed by atoms with van der Waals surface area (Å²) in [5.74, 6) is -2.19. The van der Waals surface area contributed by atoms with Gasteiger partial charge in [0.1, 0.15) is 17.4 Å². The summed E-state index contributed by atoms with van der Waals surface area (Å²) in [6.07, 6.45) is 2.27. The summed E-state index contributed by atoms with van der Waals surface area (Å²) in [7, 11) is 0. The van der Waals surface area contributed by atoms with Gasteiger partial charge in [-0.3, -0.25) is 34.2 Å². The number of nitrogens with one attached hydrogen (secondary N) is 3. The van der Waals surface area contributed by atoms with Gasteiger partial charge in [-0.1, -0.05) is 12.1 Å². The summed E-state index contributed by atoms with van der Waals surface area (Å²) in [5.41, 5.74) is -1.66. The van der Waals surface area contributed by atoms with Crippen LogP contribution in [0.25, 0.3) is 10.2 Å². The average molecular weight is 876 g/mol. The number of amides is 5. The highest BCUT2D eigenvalue weighted by atomic mass is 32.1. The number of likely N-dealkylation sites (tertiary alicyclic amines) is 1. The first-order valence-corrected chi connectivity index (χ1v) is 21.8. The molecule has 14 nitrogen and oxygen atoms in total. The Kier molecular flexibility index (Phi) is 11.9. The maximum atomic E-state index is 13.4. The van der Waals surface area contributed by atoms with Crippen molar-refractivity contribution in [2.75, 3.05) is 36.8 Å². The Morgan fingerprint density at radius 3 is 2.35 bits per heavy atom. The monoisotopic (exact) mass is 875 g/mol. The fourth-order valence-electron chi connectivity index (χ4n) is 9.23. The average Bonchev–Trinajstić information content (AvgIpc) is 3.78. The molecule has 0 bridgehead atoms. The number of aromatic hydroxyl groups is 1. The fourth-order valence-corrected chi connectivity index (χ4v) is 10.4. The second-order valence-electron chi connectivity index (χ2n) is 17.3. The van der Waals surface area contributed by atoms with Gasteiger partial charge in [-0.25, -0.2) is 9.97 Å². The van der Waals surface area contributed by atoms with Crippen LogP contribution in [0.1, 0.15) is 125 Å². The Balaban J connectivity index is 0.825. The molecule has 5 heterocycles. The molecule has 5 amide bonds. The lowest BCUT2D eigenvalue weighted by Gasteiger charge is -2.36. The number of aromatic nitrogens is 2. The van der Waals surface area contributed by atoms with E-state index in [0.29, 0.717) is 34.3 Å². The number of thiazole rings is 1. The van der Waals surface area contributed by atoms with Gasteiger partial charge in [0.2, 0.25) is 11.8 Å². The van der Waals surface area contributed by atoms with Gasteiger partial charge < -0.3 is 25.7 Å². The van der Waals surface area contributed by atoms with Gasteiger partial charge in [-0.05, 0) is 120 Å². The maximum absolute atomic E-state index is 13.4. The van der Waals surface area contributed by atoms with Crippen LogP contribution in [-0.2, 0) is 21.4 Å². The number of hydrogen-bond acceptors (Lipinski definition) is 12. The van der Waals surface area contributed by atoms with E-state index in [1.54, 1.807) is 24.3 Å². The Hall–Kier alpha value is -5.46. The standard InChI is InChI=1S/C44H48F3N7O7S/c1-43(2,61)27-21-30-37(36(56)35(27)52-38(57)29-7-4-8-32(49-29)44(45,46)47)62-40(50-30)25-11-9-24(10-12-25)22-53-19-16-23(17-20-53)15-18-48-28-6-3-5-26-34(28)42(60)54(41(26)59)31-13-14-33(55)51-39(31)58/h3-8,21,23-25,31,48,56,61H,9-20,22H2,1-2H3,(H,52,57)(H,51,55,58)/t24-,25-,31?. The molecule has 62 heavy (non-hydrogen) atoms. The van der Waals surface area contributed by atoms with E-state index in [1.165, 1.54) is 25.2 Å². The number of anilines is 2. The van der Waals surface area contributed by atoms with E-state index in [2.05, 4.69) is 25.8 Å². The molecule has 2 aromatic carbocycles. The maximum Gasteiger partial charge on any atom is 0.433 e. The molecule has 5 N–H and O–H groups in total. The SMILES string of the molecule is CC(C)(O)c1cc2nc([C@H]3CC[C@H](CN4CCC(CCNc5cccc6c5C(=O)N(C5CCC(=O)NC5=O)C6=O)CC4)CC3)sc2c(O)c1NC(=O)c1cccc(C(F)(F)F)n1. The Morgan fingerprint density at radius 2 is 1.66 bits per heavy atom. The number of benzene rings is 2. The number of pyridine rings is 1. The quantitative estimate of drug-likeness (QED) is 0.0788. The zero-order chi connectivity index (χ0) is 44.1. The lowest BCUT2D eigenvalue weighted by atomic mass is 9.81. The van der Waals surface area contributed by atoms with Gasteiger partial charge in [0.15, 0.2) is 5.75 Å². The highest BCUT2D eigenvalue weighted by molar-refractivity contribution is 7.19. The summed E-state index contributed by atoms with van der Waals surface area (Å²) in [5, 5.41) is 31.4. The van der Waals surface area contributed by atoms with Crippen molar-refractivity contribution in [1.82, 2.24) is 25.1 Å². The van der Waals surface area contributed by atoms with Crippen LogP contribution in [0.3, 0.4) is 0 Å². The predicted molar refractivity (Wildman–Crippen MR) is 224 cm³/mol. The van der Waals surface area contributed by atoms with Crippen molar-refractivity contribution in [1.29, 1.82) is 0 Å². The molecule has 1 aliphatic carbocycles. The third-order valence-corrected chi connectivity index (χ3v) is 13.8. The van der Waals surface area contributed by atoms with Crippen molar-refractivity contribution >= 4 is 62.5 Å². The molecule has 8 rings (SSSR count). The van der Waals surface area contributed by atoms with Crippen molar-refractivity contribution in [3.05, 3.63) is 75.6 Å². The number of carbonyl (C=O) groups is 5. The first kappa shape index (κ1) is 43.2. The van der Waals surface area contributed by atoms with Gasteiger partial charge in [0, 0.05) is 36.7 Å². The number of phenolic OH excluding ortho intramolecular Hbond substituents is 1. The van der Waals surface area contributed by atoms with E-state index in [1.807, 2.05) is 0 Å². The Labute approximate surface area is 359 Å². The summed E-state index contributed by atoms with van der Waals surface area (Å²) >= 11 is 1.31. The molecule has 1 unspecified atom stereocenters. The lowest BCUT2D eigenvalue weighted by molar-refractivity contribution is -0.141. The normalized spacial score (nSPS) is 21.6. The number of hydrogen-bond donors (Lipinski definition) is 5. The highest BCUT2D eigenvalue weighted by Crippen LogP contribution is 2.46. The minimum atomic E-state index is -4.75. The molecular formula is C44H48F3N7O7S. The molecular weight excluding hydrogens is 828 g/mol. The highest BCUT2D eigenvalue weighted by Gasteiger charge is 2.46. The molecule has 0 radical (unpaired) electrons. The number of rotatable bonds is 11. The summed E-state index contributed by atoms with van der Waals surface area (Å²) in [6, 6.07) is 8.66. The molecule has 18 heteroatoms. The number of imide groups is 2. The number of fused-ring (bicyclic) bond motifs is 2. The molecule has 328 valence electrons. The van der Waals surface area contributed by atoms with Crippen LogP contribution >= 0.6 is 11.3 Å². The van der Waals surface area contributed by atoms with Crippen molar-refractivity contribution in [2.24, 2.45) is 11.8 Å². The van der Waals surface area contributed by atoms with E-state index in [-0.39, 0.29) is 46.9 Å². The molecule has 4 aromatic rings. The number of alkyl halides is 3. The van der Waals surface area contributed by atoms with Crippen LogP contribution < -0.4 is 16.0 Å². The van der Waals surface area contributed by atoms with Gasteiger partial charge in [-0.2, -0.15) is 13.2 Å². The molecule has 0 spiro atoms. The van der Waals surface area contributed by atoms with E-state index in [4.69, 9.17) is 4.98 Å². The zero-order valence-corrected chi connectivity index (χ0v) is 35.1. The Bertz CT molecular complexity index is 2430. The van der Waals surface area contributed by atoms with Crippen LogP contribution in [0.15, 0.2) is 42.5 Å². The number of carbonyl (C=O) groups excluding carboxylic acids is 5. The van der Waals surface area contributed by atoms with E-state index >= 15 is 0 Å². The van der Waals surface area contributed by atoms with Crippen LogP contribution in [0.4, 0.5) is 24.5 Å². The summed E-state index contributed by atoms with van der Waals surface area (Å²) in [4.78, 5) is 75.7.